The molecule has 0 amide bonds. The lowest BCUT2D eigenvalue weighted by atomic mass is 9.53. The smallest absolute Gasteiger partial charge is 0.0650 e. The van der Waals surface area contributed by atoms with Gasteiger partial charge in [-0.2, -0.15) is 0 Å². The van der Waals surface area contributed by atoms with Crippen molar-refractivity contribution in [2.75, 3.05) is 0 Å². The highest BCUT2D eigenvalue weighted by Gasteiger charge is 2.55. The summed E-state index contributed by atoms with van der Waals surface area (Å²) in [5.41, 5.74) is 0.218. The predicted molar refractivity (Wildman–Crippen MR) is 116 cm³/mol. The van der Waals surface area contributed by atoms with Gasteiger partial charge in [0.2, 0.25) is 0 Å². The van der Waals surface area contributed by atoms with Crippen molar-refractivity contribution in [3.8, 4) is 0 Å². The van der Waals surface area contributed by atoms with Crippen LogP contribution >= 0.6 is 0 Å². The van der Waals surface area contributed by atoms with E-state index in [1.165, 1.54) is 44.9 Å². The van der Waals surface area contributed by atoms with Crippen molar-refractivity contribution in [2.45, 2.75) is 110 Å². The van der Waals surface area contributed by atoms with Crippen LogP contribution in [0.4, 0.5) is 0 Å². The molecule has 3 saturated carbocycles. The second-order valence-electron chi connectivity index (χ2n) is 11.6. The summed E-state index contributed by atoms with van der Waals surface area (Å²) in [5, 5.41) is 20.5. The molecule has 4 aliphatic rings. The van der Waals surface area contributed by atoms with Gasteiger partial charge in [-0.1, -0.05) is 32.9 Å². The summed E-state index contributed by atoms with van der Waals surface area (Å²) in [5.74, 6) is 4.89. The maximum Gasteiger partial charge on any atom is 0.0650 e. The van der Waals surface area contributed by atoms with Gasteiger partial charge in [-0.05, 0) is 118 Å². The fourth-order valence-corrected chi connectivity index (χ4v) is 7.72. The van der Waals surface area contributed by atoms with Crippen molar-refractivity contribution in [1.82, 2.24) is 0 Å². The minimum Gasteiger partial charge on any atom is -0.393 e. The lowest BCUT2D eigenvalue weighted by molar-refractivity contribution is -0.0240. The van der Waals surface area contributed by atoms with E-state index in [4.69, 9.17) is 0 Å². The number of aliphatic hydroxyl groups is 2. The molecule has 8 unspecified atom stereocenters. The first kappa shape index (κ1) is 20.9. The SMILES string of the molecule is CC1CCC(O)CC=CCC2C1CCC1(C)C(C(C)CCC3(O)CC3)CCC21. The van der Waals surface area contributed by atoms with E-state index in [0.29, 0.717) is 5.41 Å². The van der Waals surface area contributed by atoms with Crippen LogP contribution in [0.3, 0.4) is 0 Å². The van der Waals surface area contributed by atoms with Crippen LogP contribution in [-0.2, 0) is 0 Å². The van der Waals surface area contributed by atoms with E-state index in [1.807, 2.05) is 0 Å². The first-order valence-electron chi connectivity index (χ1n) is 12.4. The molecule has 4 rings (SSSR count). The summed E-state index contributed by atoms with van der Waals surface area (Å²) in [6.45, 7) is 7.57. The third kappa shape index (κ3) is 4.10. The van der Waals surface area contributed by atoms with E-state index >= 15 is 0 Å². The van der Waals surface area contributed by atoms with Crippen LogP contribution in [0.15, 0.2) is 12.2 Å². The van der Waals surface area contributed by atoms with Gasteiger partial charge in [0.15, 0.2) is 0 Å². The van der Waals surface area contributed by atoms with E-state index in [-0.39, 0.29) is 11.7 Å². The molecule has 160 valence electrons. The van der Waals surface area contributed by atoms with Crippen molar-refractivity contribution < 1.29 is 10.2 Å². The predicted octanol–water partition coefficient (Wildman–Crippen LogP) is 6.11. The Labute approximate surface area is 173 Å². The number of rotatable bonds is 4. The van der Waals surface area contributed by atoms with E-state index in [2.05, 4.69) is 32.9 Å². The number of hydrogen-bond donors (Lipinski definition) is 2. The number of fused-ring (bicyclic) bond motifs is 3. The van der Waals surface area contributed by atoms with Gasteiger partial charge in [0, 0.05) is 0 Å². The summed E-state index contributed by atoms with van der Waals surface area (Å²) >= 11 is 0. The normalized spacial score (nSPS) is 46.5. The summed E-state index contributed by atoms with van der Waals surface area (Å²) < 4.78 is 0. The maximum absolute atomic E-state index is 10.3. The molecule has 28 heavy (non-hydrogen) atoms. The van der Waals surface area contributed by atoms with Crippen molar-refractivity contribution in [3.05, 3.63) is 12.2 Å². The molecule has 0 aromatic rings. The Hall–Kier alpha value is -0.340. The Balaban J connectivity index is 1.48. The summed E-state index contributed by atoms with van der Waals surface area (Å²) in [6.07, 6.45) is 18.7. The van der Waals surface area contributed by atoms with Gasteiger partial charge in [0.1, 0.15) is 0 Å². The van der Waals surface area contributed by atoms with Crippen molar-refractivity contribution in [3.63, 3.8) is 0 Å². The van der Waals surface area contributed by atoms with Crippen LogP contribution in [0, 0.1) is 40.9 Å². The van der Waals surface area contributed by atoms with Gasteiger partial charge < -0.3 is 10.2 Å². The summed E-state index contributed by atoms with van der Waals surface area (Å²) in [4.78, 5) is 0. The third-order valence-corrected chi connectivity index (χ3v) is 9.81. The van der Waals surface area contributed by atoms with Gasteiger partial charge in [0.25, 0.3) is 0 Å². The summed E-state index contributed by atoms with van der Waals surface area (Å²) in [7, 11) is 0. The molecule has 0 aliphatic heterocycles. The molecule has 2 N–H and O–H groups in total. The molecule has 2 heteroatoms. The fourth-order valence-electron chi connectivity index (χ4n) is 7.72. The lowest BCUT2D eigenvalue weighted by Gasteiger charge is -2.51. The van der Waals surface area contributed by atoms with Gasteiger partial charge in [-0.25, -0.2) is 0 Å². The average molecular weight is 389 g/mol. The quantitative estimate of drug-likeness (QED) is 0.570. The number of aliphatic hydroxyl groups excluding tert-OH is 1. The first-order valence-corrected chi connectivity index (χ1v) is 12.4. The van der Waals surface area contributed by atoms with Gasteiger partial charge in [-0.3, -0.25) is 0 Å². The minimum atomic E-state index is -0.286. The Morgan fingerprint density at radius 3 is 2.46 bits per heavy atom. The molecular formula is C26H44O2. The van der Waals surface area contributed by atoms with Gasteiger partial charge in [-0.15, -0.1) is 0 Å². The fraction of sp³-hybridized carbons (Fsp3) is 0.923. The highest BCUT2D eigenvalue weighted by atomic mass is 16.3. The number of allylic oxidation sites excluding steroid dienone is 1. The van der Waals surface area contributed by atoms with Crippen LogP contribution in [0.25, 0.3) is 0 Å². The minimum absolute atomic E-state index is 0.137. The zero-order valence-corrected chi connectivity index (χ0v) is 18.6. The molecule has 0 saturated heterocycles. The molecule has 0 spiro atoms. The maximum atomic E-state index is 10.3. The molecule has 3 fully saturated rings. The van der Waals surface area contributed by atoms with Crippen LogP contribution < -0.4 is 0 Å². The third-order valence-electron chi connectivity index (χ3n) is 9.81. The Morgan fingerprint density at radius 2 is 1.71 bits per heavy atom. The highest BCUT2D eigenvalue weighted by Crippen LogP contribution is 2.63. The topological polar surface area (TPSA) is 40.5 Å². The molecular weight excluding hydrogens is 344 g/mol. The van der Waals surface area contributed by atoms with Crippen molar-refractivity contribution in [2.24, 2.45) is 40.9 Å². The monoisotopic (exact) mass is 388 g/mol. The zero-order valence-electron chi connectivity index (χ0n) is 18.6. The van der Waals surface area contributed by atoms with Gasteiger partial charge in [0.05, 0.1) is 11.7 Å². The molecule has 0 heterocycles. The van der Waals surface area contributed by atoms with Crippen molar-refractivity contribution >= 4 is 0 Å². The van der Waals surface area contributed by atoms with E-state index < -0.39 is 0 Å². The molecule has 2 nitrogen and oxygen atoms in total. The molecule has 4 aliphatic carbocycles. The van der Waals surface area contributed by atoms with Crippen molar-refractivity contribution in [1.29, 1.82) is 0 Å². The number of hydrogen-bond acceptors (Lipinski definition) is 2. The highest BCUT2D eigenvalue weighted by molar-refractivity contribution is 5.06. The molecule has 8 atom stereocenters. The Morgan fingerprint density at radius 1 is 0.964 bits per heavy atom. The Kier molecular flexibility index (Phi) is 6.02. The van der Waals surface area contributed by atoms with Crippen LogP contribution in [0.5, 0.6) is 0 Å². The first-order chi connectivity index (χ1) is 13.3. The standard InChI is InChI=1S/C26H44O2/c1-18-8-9-20(27)6-4-5-7-22-21(18)13-14-25(3)23(10-11-24(22)25)19(2)12-15-26(28)16-17-26/h4-5,18-24,27-28H,6-17H2,1-3H3. The van der Waals surface area contributed by atoms with E-state index in [9.17, 15) is 10.2 Å². The van der Waals surface area contributed by atoms with E-state index in [0.717, 1.165) is 67.6 Å². The van der Waals surface area contributed by atoms with Crippen LogP contribution in [0.2, 0.25) is 0 Å². The second-order valence-corrected chi connectivity index (χ2v) is 11.6. The average Bonchev–Trinajstić information content (AvgIpc) is 3.29. The van der Waals surface area contributed by atoms with E-state index in [1.54, 1.807) is 0 Å². The van der Waals surface area contributed by atoms with Crippen LogP contribution in [0.1, 0.15) is 97.8 Å². The molecule has 0 radical (unpaired) electrons. The Bertz CT molecular complexity index is 565. The zero-order chi connectivity index (χ0) is 19.9. The molecule has 0 aromatic carbocycles. The summed E-state index contributed by atoms with van der Waals surface area (Å²) in [6, 6.07) is 0. The second kappa shape index (κ2) is 8.06. The van der Waals surface area contributed by atoms with Crippen LogP contribution in [-0.4, -0.2) is 21.9 Å². The largest absolute Gasteiger partial charge is 0.393 e. The molecule has 0 aromatic heterocycles. The van der Waals surface area contributed by atoms with Gasteiger partial charge >= 0.3 is 0 Å². The molecule has 0 bridgehead atoms. The lowest BCUT2D eigenvalue weighted by Crippen LogP contribution is -2.44.